The van der Waals surface area contributed by atoms with Crippen LogP contribution in [0.15, 0.2) is 55.0 Å². The second-order valence-electron chi connectivity index (χ2n) is 12.3. The third kappa shape index (κ3) is 12.0. The normalized spacial score (nSPS) is 15.2. The van der Waals surface area contributed by atoms with E-state index in [1.165, 1.54) is 37.1 Å². The maximum atomic E-state index is 14.0. The number of hydrogen-bond acceptors (Lipinski definition) is 8. The molecule has 8 nitrogen and oxygen atoms in total. The van der Waals surface area contributed by atoms with Gasteiger partial charge in [0.2, 0.25) is 0 Å². The summed E-state index contributed by atoms with van der Waals surface area (Å²) in [6, 6.07) is 11.8. The molecule has 1 aliphatic rings. The number of rotatable bonds is 8. The summed E-state index contributed by atoms with van der Waals surface area (Å²) in [5.74, 6) is 0.414. The van der Waals surface area contributed by atoms with E-state index in [9.17, 15) is 9.90 Å². The summed E-state index contributed by atoms with van der Waals surface area (Å²) in [5, 5.41) is 18.5. The van der Waals surface area contributed by atoms with Gasteiger partial charge in [0.05, 0.1) is 21.7 Å². The fraction of sp³-hybridized carbons (Fsp3) is 0.500. The van der Waals surface area contributed by atoms with Crippen LogP contribution >= 0.6 is 11.3 Å². The Hall–Kier alpha value is -1.47. The van der Waals surface area contributed by atoms with Crippen molar-refractivity contribution >= 4 is 22.9 Å². The number of thiazole rings is 1. The van der Waals surface area contributed by atoms with E-state index < -0.39 is 5.72 Å². The second-order valence-corrected chi connectivity index (χ2v) is 13.3. The summed E-state index contributed by atoms with van der Waals surface area (Å²) < 4.78 is 4.76. The topological polar surface area (TPSA) is 145 Å². The molecule has 3 aromatic rings. The van der Waals surface area contributed by atoms with Crippen molar-refractivity contribution in [1.29, 1.82) is 0 Å². The zero-order valence-corrected chi connectivity index (χ0v) is 31.6. The Morgan fingerprint density at radius 3 is 2.34 bits per heavy atom. The molecule has 4 rings (SSSR count). The van der Waals surface area contributed by atoms with Gasteiger partial charge in [-0.3, -0.25) is 9.78 Å². The molecular weight excluding hydrogens is 600 g/mol. The van der Waals surface area contributed by atoms with Crippen LogP contribution in [0.1, 0.15) is 115 Å². The van der Waals surface area contributed by atoms with Crippen molar-refractivity contribution in [3.05, 3.63) is 76.8 Å². The fourth-order valence-corrected chi connectivity index (χ4v) is 6.38. The molecule has 2 heterocycles. The first kappa shape index (κ1) is 40.5. The van der Waals surface area contributed by atoms with Crippen LogP contribution in [0.4, 0.5) is 0 Å². The monoisotopic (exact) mass is 648 g/mol. The van der Waals surface area contributed by atoms with Gasteiger partial charge in [0, 0.05) is 42.0 Å². The third-order valence-corrected chi connectivity index (χ3v) is 8.16. The SMILES string of the molecule is CC(C)(C)NC(C)([O-])c1cc(/C(=C/N)c2ccccn2)ccc1-c1cnc(C2CCCCC2)s1.CCC(=O)OC(C)C.O.[K+]. The van der Waals surface area contributed by atoms with Crippen LogP contribution in [-0.2, 0) is 15.3 Å². The van der Waals surface area contributed by atoms with Gasteiger partial charge in [-0.2, -0.15) is 0 Å². The van der Waals surface area contributed by atoms with Crippen LogP contribution in [0.2, 0.25) is 0 Å². The molecule has 0 aliphatic heterocycles. The number of carbonyl (C=O) groups excluding carboxylic acids is 1. The zero-order chi connectivity index (χ0) is 30.9. The summed E-state index contributed by atoms with van der Waals surface area (Å²) in [5.41, 5.74) is 8.23. The molecule has 1 saturated carbocycles. The van der Waals surface area contributed by atoms with E-state index in [0.717, 1.165) is 27.3 Å². The molecule has 0 radical (unpaired) electrons. The molecule has 2 aromatic heterocycles. The molecule has 1 unspecified atom stereocenters. The number of carbonyl (C=O) groups is 1. The molecule has 0 amide bonds. The maximum absolute atomic E-state index is 14.0. The first-order valence-corrected chi connectivity index (χ1v) is 15.8. The van der Waals surface area contributed by atoms with Gasteiger partial charge in [0.15, 0.2) is 0 Å². The van der Waals surface area contributed by atoms with Crippen molar-refractivity contribution in [2.24, 2.45) is 5.73 Å². The van der Waals surface area contributed by atoms with Crippen molar-refractivity contribution in [1.82, 2.24) is 15.3 Å². The molecule has 0 spiro atoms. The van der Waals surface area contributed by atoms with Gasteiger partial charge < -0.3 is 26.4 Å². The fourth-order valence-electron chi connectivity index (χ4n) is 5.25. The van der Waals surface area contributed by atoms with Crippen molar-refractivity contribution in [2.45, 2.75) is 110 Å². The molecule has 0 saturated heterocycles. The van der Waals surface area contributed by atoms with E-state index in [1.54, 1.807) is 37.6 Å². The van der Waals surface area contributed by atoms with Crippen molar-refractivity contribution < 1.29 is 71.5 Å². The number of nitrogens with one attached hydrogen (secondary N) is 1. The van der Waals surface area contributed by atoms with Crippen LogP contribution in [0.3, 0.4) is 0 Å². The Balaban J connectivity index is 0.000000857. The zero-order valence-electron chi connectivity index (χ0n) is 27.7. The van der Waals surface area contributed by atoms with Crippen molar-refractivity contribution in [3.63, 3.8) is 0 Å². The minimum atomic E-state index is -1.51. The molecule has 1 aliphatic carbocycles. The van der Waals surface area contributed by atoms with E-state index in [-0.39, 0.29) is 74.5 Å². The van der Waals surface area contributed by atoms with Gasteiger partial charge in [0.25, 0.3) is 0 Å². The quantitative estimate of drug-likeness (QED) is 0.217. The second kappa shape index (κ2) is 18.6. The Labute approximate surface area is 310 Å². The Kier molecular flexibility index (Phi) is 17.2. The van der Waals surface area contributed by atoms with Gasteiger partial charge in [-0.1, -0.05) is 51.3 Å². The van der Waals surface area contributed by atoms with Crippen LogP contribution < -0.4 is 67.5 Å². The maximum Gasteiger partial charge on any atom is 1.00 e. The third-order valence-electron chi connectivity index (χ3n) is 6.96. The van der Waals surface area contributed by atoms with E-state index >= 15 is 0 Å². The van der Waals surface area contributed by atoms with Crippen molar-refractivity contribution in [2.75, 3.05) is 0 Å². The number of aromatic nitrogens is 2. The predicted octanol–water partition coefficient (Wildman–Crippen LogP) is 3.05. The largest absolute Gasteiger partial charge is 1.00 e. The molecule has 1 aromatic carbocycles. The number of hydrogen-bond donors (Lipinski definition) is 2. The van der Waals surface area contributed by atoms with Gasteiger partial charge in [-0.15, -0.1) is 11.3 Å². The number of pyridine rings is 1. The summed E-state index contributed by atoms with van der Waals surface area (Å²) in [6.45, 7) is 13.2. The summed E-state index contributed by atoms with van der Waals surface area (Å²) >= 11 is 1.73. The predicted molar refractivity (Wildman–Crippen MR) is 174 cm³/mol. The molecule has 0 bridgehead atoms. The smallest absolute Gasteiger partial charge is 0.835 e. The summed E-state index contributed by atoms with van der Waals surface area (Å²) in [6.07, 6.45) is 12.0. The first-order valence-electron chi connectivity index (χ1n) is 15.0. The summed E-state index contributed by atoms with van der Waals surface area (Å²) in [7, 11) is 0. The summed E-state index contributed by atoms with van der Waals surface area (Å²) in [4.78, 5) is 20.7. The minimum absolute atomic E-state index is 0. The molecule has 1 atom stereocenters. The number of ether oxygens (including phenoxy) is 1. The van der Waals surface area contributed by atoms with Gasteiger partial charge >= 0.3 is 57.4 Å². The minimum Gasteiger partial charge on any atom is -0.835 e. The van der Waals surface area contributed by atoms with Crippen LogP contribution in [-0.4, -0.2) is 33.1 Å². The molecule has 5 N–H and O–H groups in total. The molecular formula is C34H49KN4O4S. The molecule has 236 valence electrons. The van der Waals surface area contributed by atoms with E-state index in [2.05, 4.69) is 10.3 Å². The molecule has 44 heavy (non-hydrogen) atoms. The van der Waals surface area contributed by atoms with Gasteiger partial charge in [-0.25, -0.2) is 4.98 Å². The van der Waals surface area contributed by atoms with Gasteiger partial charge in [0.1, 0.15) is 0 Å². The van der Waals surface area contributed by atoms with Crippen molar-refractivity contribution in [3.8, 4) is 10.4 Å². The van der Waals surface area contributed by atoms with Gasteiger partial charge in [-0.05, 0) is 88.1 Å². The van der Waals surface area contributed by atoms with E-state index in [4.69, 9.17) is 15.5 Å². The Morgan fingerprint density at radius 1 is 1.14 bits per heavy atom. The van der Waals surface area contributed by atoms with E-state index in [0.29, 0.717) is 17.9 Å². The number of esters is 1. The average Bonchev–Trinajstić information content (AvgIpc) is 3.44. The number of nitrogens with zero attached hydrogens (tertiary/aromatic N) is 2. The average molecular weight is 649 g/mol. The van der Waals surface area contributed by atoms with E-state index in [1.807, 2.05) is 77.2 Å². The Bertz CT molecular complexity index is 1330. The number of benzene rings is 1. The van der Waals surface area contributed by atoms with Crippen LogP contribution in [0.5, 0.6) is 0 Å². The van der Waals surface area contributed by atoms with Crippen LogP contribution in [0, 0.1) is 0 Å². The molecule has 1 fully saturated rings. The Morgan fingerprint density at radius 2 is 1.82 bits per heavy atom. The van der Waals surface area contributed by atoms with Crippen LogP contribution in [0.25, 0.3) is 16.0 Å². The first-order chi connectivity index (χ1) is 19.8. The standard InChI is InChI=1S/C28H35N4OS.C6H12O2.K.H2O/c1-27(2,3)32-28(4,33)23-16-20(22(17-29)24-12-8-9-15-30-24)13-14-21(23)25-18-31-26(34-25)19-10-6-5-7-11-19;1-4-6(7)8-5(2)3;;/h8-9,12-19,32H,5-7,10-11,29H2,1-4H3;5H,4H2,1-3H3;;1H2/q-1;;+1;/b22-17-;;;. The number of nitrogens with two attached hydrogens (primary N) is 1. The molecule has 10 heteroatoms.